The molecule has 3 rings (SSSR count). The fourth-order valence-electron chi connectivity index (χ4n) is 4.11. The Morgan fingerprint density at radius 3 is 2.35 bits per heavy atom. The van der Waals surface area contributed by atoms with Gasteiger partial charge in [0.2, 0.25) is 5.91 Å². The van der Waals surface area contributed by atoms with E-state index in [4.69, 9.17) is 0 Å². The van der Waals surface area contributed by atoms with Crippen LogP contribution in [0.3, 0.4) is 0 Å². The number of carboxylic acids is 1. The van der Waals surface area contributed by atoms with Crippen LogP contribution in [0.4, 0.5) is 0 Å². The smallest absolute Gasteiger partial charge is 0.548 e. The van der Waals surface area contributed by atoms with Crippen LogP contribution in [0.5, 0.6) is 0 Å². The number of carboxylic acid groups (broad SMARTS) is 1. The molecule has 138 valence electrons. The Morgan fingerprint density at radius 2 is 1.81 bits per heavy atom. The molecule has 2 atom stereocenters. The van der Waals surface area contributed by atoms with Gasteiger partial charge in [-0.1, -0.05) is 13.8 Å². The van der Waals surface area contributed by atoms with Crippen LogP contribution in [0.25, 0.3) is 0 Å². The molecular weight excluding hydrogens is 343 g/mol. The number of carbonyl (C=O) groups excluding carboxylic acids is 2. The molecule has 1 aromatic heterocycles. The molecular formula is C18H27N4NaO3. The monoisotopic (exact) mass is 370 g/mol. The summed E-state index contributed by atoms with van der Waals surface area (Å²) in [6, 6.07) is -0.766. The molecule has 2 fully saturated rings. The SMILES string of the molecule is CCc1nn(C)c(CC)c1CNC(=O)C1CCC(C(=O)[O-])N1C1CC1.[Na+]. The molecule has 26 heavy (non-hydrogen) atoms. The zero-order chi connectivity index (χ0) is 18.1. The molecule has 0 spiro atoms. The van der Waals surface area contributed by atoms with Crippen molar-refractivity contribution in [2.45, 2.75) is 77.0 Å². The molecule has 2 unspecified atom stereocenters. The van der Waals surface area contributed by atoms with Crippen molar-refractivity contribution in [1.82, 2.24) is 20.0 Å². The predicted molar refractivity (Wildman–Crippen MR) is 90.5 cm³/mol. The molecule has 0 aromatic carbocycles. The first kappa shape index (κ1) is 21.4. The minimum atomic E-state index is -1.06. The Labute approximate surface area is 176 Å². The normalized spacial score (nSPS) is 22.9. The summed E-state index contributed by atoms with van der Waals surface area (Å²) in [6.07, 6.45) is 4.69. The quantitative estimate of drug-likeness (QED) is 0.514. The molecule has 8 heteroatoms. The second-order valence-corrected chi connectivity index (χ2v) is 7.03. The Balaban J connectivity index is 0.00000243. The molecule has 2 aliphatic rings. The number of rotatable bonds is 7. The summed E-state index contributed by atoms with van der Waals surface area (Å²) in [5.74, 6) is -1.14. The topological polar surface area (TPSA) is 90.3 Å². The molecule has 1 saturated heterocycles. The van der Waals surface area contributed by atoms with Crippen molar-refractivity contribution in [2.75, 3.05) is 0 Å². The summed E-state index contributed by atoms with van der Waals surface area (Å²) in [7, 11) is 1.93. The molecule has 7 nitrogen and oxygen atoms in total. The number of amides is 1. The summed E-state index contributed by atoms with van der Waals surface area (Å²) in [5, 5.41) is 18.9. The second-order valence-electron chi connectivity index (χ2n) is 7.03. The third-order valence-corrected chi connectivity index (χ3v) is 5.44. The van der Waals surface area contributed by atoms with Gasteiger partial charge in [0.15, 0.2) is 0 Å². The number of hydrogen-bond donors (Lipinski definition) is 1. The summed E-state index contributed by atoms with van der Waals surface area (Å²) >= 11 is 0. The van der Waals surface area contributed by atoms with Crippen molar-refractivity contribution in [3.8, 4) is 0 Å². The Kier molecular flexibility index (Phi) is 7.30. The molecule has 0 bridgehead atoms. The summed E-state index contributed by atoms with van der Waals surface area (Å²) < 4.78 is 1.89. The number of aliphatic carboxylic acids is 1. The van der Waals surface area contributed by atoms with Crippen molar-refractivity contribution in [2.24, 2.45) is 7.05 Å². The molecule has 1 saturated carbocycles. The van der Waals surface area contributed by atoms with E-state index in [1.807, 2.05) is 16.6 Å². The second kappa shape index (κ2) is 8.87. The van der Waals surface area contributed by atoms with E-state index in [1.165, 1.54) is 0 Å². The van der Waals surface area contributed by atoms with E-state index in [0.717, 1.165) is 42.6 Å². The van der Waals surface area contributed by atoms with E-state index in [-0.39, 0.29) is 47.5 Å². The fourth-order valence-corrected chi connectivity index (χ4v) is 4.11. The van der Waals surface area contributed by atoms with E-state index >= 15 is 0 Å². The average Bonchev–Trinajstić information content (AvgIpc) is 3.24. The van der Waals surface area contributed by atoms with Crippen LogP contribution in [-0.4, -0.2) is 44.7 Å². The van der Waals surface area contributed by atoms with E-state index in [0.29, 0.717) is 19.4 Å². The Bertz CT molecular complexity index is 672. The zero-order valence-electron chi connectivity index (χ0n) is 16.2. The molecule has 2 heterocycles. The van der Waals surface area contributed by atoms with Crippen LogP contribution in [0.1, 0.15) is 56.5 Å². The molecule has 0 radical (unpaired) electrons. The van der Waals surface area contributed by atoms with Gasteiger partial charge in [0.1, 0.15) is 0 Å². The van der Waals surface area contributed by atoms with E-state index in [1.54, 1.807) is 0 Å². The zero-order valence-corrected chi connectivity index (χ0v) is 18.2. The van der Waals surface area contributed by atoms with Crippen molar-refractivity contribution < 1.29 is 44.3 Å². The van der Waals surface area contributed by atoms with Crippen molar-refractivity contribution >= 4 is 11.9 Å². The van der Waals surface area contributed by atoms with Gasteiger partial charge in [-0.2, -0.15) is 5.10 Å². The van der Waals surface area contributed by atoms with E-state index in [2.05, 4.69) is 24.3 Å². The van der Waals surface area contributed by atoms with Crippen LogP contribution in [0.15, 0.2) is 0 Å². The number of aryl methyl sites for hydroxylation is 2. The maximum atomic E-state index is 12.7. The van der Waals surface area contributed by atoms with Gasteiger partial charge in [-0.25, -0.2) is 0 Å². The molecule has 1 amide bonds. The molecule has 1 aliphatic carbocycles. The number of aromatic nitrogens is 2. The number of carbonyl (C=O) groups is 2. The van der Waals surface area contributed by atoms with Gasteiger partial charge in [0.05, 0.1) is 23.7 Å². The number of hydrogen-bond acceptors (Lipinski definition) is 5. The standard InChI is InChI=1S/C18H28N4O3.Na/c1-4-13-12(14(5-2)21(3)20-13)10-19-17(23)15-8-9-16(18(24)25)22(15)11-6-7-11;/h11,15-16H,4-10H2,1-3H3,(H,19,23)(H,24,25);/q;+1/p-1. The van der Waals surface area contributed by atoms with Crippen LogP contribution in [-0.2, 0) is 36.0 Å². The third kappa shape index (κ3) is 4.16. The Morgan fingerprint density at radius 1 is 1.15 bits per heavy atom. The first-order valence-corrected chi connectivity index (χ1v) is 9.27. The summed E-state index contributed by atoms with van der Waals surface area (Å²) in [4.78, 5) is 26.0. The van der Waals surface area contributed by atoms with Gasteiger partial charge >= 0.3 is 29.6 Å². The number of nitrogens with one attached hydrogen (secondary N) is 1. The minimum absolute atomic E-state index is 0. The maximum absolute atomic E-state index is 12.7. The maximum Gasteiger partial charge on any atom is 1.00 e. The van der Waals surface area contributed by atoms with Crippen LogP contribution >= 0.6 is 0 Å². The minimum Gasteiger partial charge on any atom is -0.548 e. The van der Waals surface area contributed by atoms with Gasteiger partial charge in [-0.15, -0.1) is 0 Å². The van der Waals surface area contributed by atoms with Gasteiger partial charge < -0.3 is 15.2 Å². The van der Waals surface area contributed by atoms with Gasteiger partial charge in [0.25, 0.3) is 0 Å². The van der Waals surface area contributed by atoms with Crippen molar-refractivity contribution in [1.29, 1.82) is 0 Å². The molecule has 1 N–H and O–H groups in total. The van der Waals surface area contributed by atoms with Gasteiger partial charge in [-0.3, -0.25) is 14.4 Å². The van der Waals surface area contributed by atoms with E-state index in [9.17, 15) is 14.7 Å². The molecule has 1 aromatic rings. The van der Waals surface area contributed by atoms with Gasteiger partial charge in [-0.05, 0) is 38.5 Å². The first-order chi connectivity index (χ1) is 12.0. The first-order valence-electron chi connectivity index (χ1n) is 9.27. The van der Waals surface area contributed by atoms with Crippen LogP contribution in [0, 0.1) is 0 Å². The Hall–Kier alpha value is -0.890. The summed E-state index contributed by atoms with van der Waals surface area (Å²) in [6.45, 7) is 4.59. The van der Waals surface area contributed by atoms with Crippen LogP contribution in [0.2, 0.25) is 0 Å². The summed E-state index contributed by atoms with van der Waals surface area (Å²) in [5.41, 5.74) is 3.24. The number of nitrogens with zero attached hydrogens (tertiary/aromatic N) is 3. The van der Waals surface area contributed by atoms with Crippen molar-refractivity contribution in [3.05, 3.63) is 17.0 Å². The fraction of sp³-hybridized carbons (Fsp3) is 0.722. The van der Waals surface area contributed by atoms with Gasteiger partial charge in [0, 0.05) is 30.9 Å². The molecule has 1 aliphatic heterocycles. The van der Waals surface area contributed by atoms with Crippen LogP contribution < -0.4 is 40.0 Å². The third-order valence-electron chi connectivity index (χ3n) is 5.44. The van der Waals surface area contributed by atoms with E-state index < -0.39 is 12.0 Å². The predicted octanol–water partition coefficient (Wildman–Crippen LogP) is -3.09. The largest absolute Gasteiger partial charge is 1.00 e. The number of likely N-dealkylation sites (tertiary alicyclic amines) is 1. The van der Waals surface area contributed by atoms with Crippen molar-refractivity contribution in [3.63, 3.8) is 0 Å². The average molecular weight is 370 g/mol.